The first-order valence-electron chi connectivity index (χ1n) is 40.9. The molecule has 12 rings (SSSR count). The van der Waals surface area contributed by atoms with Crippen LogP contribution in [0.25, 0.3) is 0 Å². The van der Waals surface area contributed by atoms with E-state index < -0.39 is 0 Å². The first-order chi connectivity index (χ1) is 44.1. The average Bonchev–Trinajstić information content (AvgIpc) is 1.66. The summed E-state index contributed by atoms with van der Waals surface area (Å²) in [4.78, 5) is 20.8. The van der Waals surface area contributed by atoms with Crippen molar-refractivity contribution in [3.63, 3.8) is 0 Å². The lowest BCUT2D eigenvalue weighted by Gasteiger charge is -2.37. The molecule has 12 fully saturated rings. The molecule has 0 bridgehead atoms. The average molecular weight is 1370 g/mol. The molecule has 1 amide bonds. The molecule has 0 radical (unpaired) electrons. The first-order valence-corrected chi connectivity index (χ1v) is 40.9. The molecule has 0 spiro atoms. The van der Waals surface area contributed by atoms with Crippen molar-refractivity contribution in [1.82, 2.24) is 35.6 Å². The van der Waals surface area contributed by atoms with Crippen LogP contribution in [0.4, 0.5) is 4.79 Å². The van der Waals surface area contributed by atoms with E-state index in [2.05, 4.69) is 231 Å². The van der Waals surface area contributed by atoms with E-state index in [0.717, 1.165) is 42.7 Å². The third kappa shape index (κ3) is 50.8. The van der Waals surface area contributed by atoms with Crippen LogP contribution in [0.5, 0.6) is 0 Å². The van der Waals surface area contributed by atoms with E-state index in [4.69, 9.17) is 4.74 Å². The number of nitrogens with one attached hydrogen (secondary N) is 3. The molecule has 9 heteroatoms. The fourth-order valence-electron chi connectivity index (χ4n) is 14.1. The van der Waals surface area contributed by atoms with Gasteiger partial charge in [0, 0.05) is 39.3 Å². The van der Waals surface area contributed by atoms with Crippen LogP contribution >= 0.6 is 0 Å². The standard InChI is InChI=1S/C12H23NO2.2C8H17N.C8H16.3C7H15N.C7H14.C7H12.C6H13N.C6H12.C5H10/c1-11(2,3)15-10(14)13-8-6-12(4,5)7-9-13;1-8(2)4-6-9(3)7-5-8;1-8(2)5-4-6-9(3)7-8;1-8(2)6-4-3-5-7-8;1-7(2)4-5-8(3)6-7;1-7(2)3-5-8-6-4-7;1-7(2)4-3-5-8-6-7;1-7(2)5-3-4-6-7;1-4-6-5-7(6,2)3;1-6(2)3-4-7-5-6;1-6(2)4-3-5-6;1-5(2)3-4-5/h6-9H2,1-5H3;2*4-7H2,1-3H3;3-7H2,1-2H3;4-6H2,1-3H3;2*8H,3-6H2,1-2H3;3-6H2,1-2H3;4,6H,1,5H2,2-3H3;7H,3-5H2,1-2H3;3-5H2,1-2H3;3-4H2,1-2H3. The van der Waals surface area contributed by atoms with Gasteiger partial charge >= 0.3 is 6.09 Å². The molecule has 12 aliphatic rings. The molecule has 1 unspecified atom stereocenters. The van der Waals surface area contributed by atoms with Gasteiger partial charge in [0.15, 0.2) is 0 Å². The minimum absolute atomic E-state index is 0.169. The van der Waals surface area contributed by atoms with Crippen LogP contribution < -0.4 is 16.0 Å². The molecular weight excluding hydrogens is 1190 g/mol. The lowest BCUT2D eigenvalue weighted by molar-refractivity contribution is 0.0135. The van der Waals surface area contributed by atoms with Crippen LogP contribution in [0.2, 0.25) is 0 Å². The number of amides is 1. The van der Waals surface area contributed by atoms with Gasteiger partial charge in [0.2, 0.25) is 0 Å². The maximum Gasteiger partial charge on any atom is 0.410 e. The molecule has 7 heterocycles. The molecule has 7 aliphatic heterocycles. The van der Waals surface area contributed by atoms with E-state index in [1.807, 2.05) is 25.7 Å². The molecule has 3 N–H and O–H groups in total. The Hall–Kier alpha value is -1.23. The van der Waals surface area contributed by atoms with E-state index in [1.54, 1.807) is 0 Å². The van der Waals surface area contributed by atoms with Crippen molar-refractivity contribution in [2.75, 3.05) is 113 Å². The number of likely N-dealkylation sites (tertiary alicyclic amines) is 4. The number of allylic oxidation sites excluding steroid dienone is 1. The van der Waals surface area contributed by atoms with Gasteiger partial charge < -0.3 is 40.3 Å². The van der Waals surface area contributed by atoms with Gasteiger partial charge in [-0.05, 0) is 300 Å². The summed E-state index contributed by atoms with van der Waals surface area (Å²) in [5.74, 6) is 0.812. The summed E-state index contributed by atoms with van der Waals surface area (Å²) in [6.07, 6.45) is 39.4. The Morgan fingerprint density at radius 2 is 0.649 bits per heavy atom. The van der Waals surface area contributed by atoms with Crippen LogP contribution in [0.1, 0.15) is 360 Å². The third-order valence-corrected chi connectivity index (χ3v) is 23.4. The zero-order valence-corrected chi connectivity index (χ0v) is 72.0. The van der Waals surface area contributed by atoms with Crippen molar-refractivity contribution in [2.24, 2.45) is 70.9 Å². The predicted octanol–water partition coefficient (Wildman–Crippen LogP) is 23.5. The van der Waals surface area contributed by atoms with Crippen molar-refractivity contribution in [1.29, 1.82) is 0 Å². The molecular formula is C88H179N7O2. The number of hydrogen-bond donors (Lipinski definition) is 3. The second-order valence-corrected chi connectivity index (χ2v) is 43.5. The number of nitrogens with zero attached hydrogens (tertiary/aromatic N) is 4. The van der Waals surface area contributed by atoms with Gasteiger partial charge in [-0.25, -0.2) is 4.79 Å². The minimum Gasteiger partial charge on any atom is -0.444 e. The predicted molar refractivity (Wildman–Crippen MR) is 433 cm³/mol. The van der Waals surface area contributed by atoms with Crippen molar-refractivity contribution in [2.45, 2.75) is 366 Å². The number of piperidine rings is 5. The summed E-state index contributed by atoms with van der Waals surface area (Å²) in [6, 6.07) is 0. The van der Waals surface area contributed by atoms with E-state index in [1.165, 1.54) is 239 Å². The Labute approximate surface area is 610 Å². The summed E-state index contributed by atoms with van der Waals surface area (Å²) in [5.41, 5.74) is 6.99. The first kappa shape index (κ1) is 93.8. The fourth-order valence-corrected chi connectivity index (χ4v) is 14.1. The largest absolute Gasteiger partial charge is 0.444 e. The van der Waals surface area contributed by atoms with Gasteiger partial charge in [0.05, 0.1) is 0 Å². The quantitative estimate of drug-likeness (QED) is 0.224. The highest BCUT2D eigenvalue weighted by Gasteiger charge is 2.43. The molecule has 5 saturated carbocycles. The van der Waals surface area contributed by atoms with E-state index in [9.17, 15) is 4.79 Å². The molecule has 97 heavy (non-hydrogen) atoms. The molecule has 5 aliphatic carbocycles. The highest BCUT2D eigenvalue weighted by atomic mass is 16.6. The van der Waals surface area contributed by atoms with Crippen LogP contribution in [-0.2, 0) is 4.74 Å². The van der Waals surface area contributed by atoms with E-state index >= 15 is 0 Å². The molecule has 1 atom stereocenters. The second kappa shape index (κ2) is 42.1. The zero-order valence-electron chi connectivity index (χ0n) is 72.0. The van der Waals surface area contributed by atoms with E-state index in [-0.39, 0.29) is 11.7 Å². The number of ether oxygens (including phenoxy) is 1. The Bertz CT molecular complexity index is 1950. The number of rotatable bonds is 1. The van der Waals surface area contributed by atoms with Crippen molar-refractivity contribution < 1.29 is 9.53 Å². The Morgan fingerprint density at radius 1 is 0.351 bits per heavy atom. The summed E-state index contributed by atoms with van der Waals surface area (Å²) in [5, 5.41) is 10.0. The number of hydrogen-bond acceptors (Lipinski definition) is 8. The molecule has 7 saturated heterocycles. The smallest absolute Gasteiger partial charge is 0.410 e. The molecule has 0 aromatic rings. The highest BCUT2D eigenvalue weighted by Crippen LogP contribution is 2.52. The number of carbonyl (C=O) groups is 1. The molecule has 9 nitrogen and oxygen atoms in total. The maximum atomic E-state index is 11.7. The number of carbonyl (C=O) groups excluding carboxylic acids is 1. The summed E-state index contributed by atoms with van der Waals surface area (Å²) >= 11 is 0. The Balaban J connectivity index is 0.000000534. The fraction of sp³-hybridized carbons (Fsp3) is 0.966. The monoisotopic (exact) mass is 1370 g/mol. The van der Waals surface area contributed by atoms with Crippen molar-refractivity contribution in [3.8, 4) is 0 Å². The lowest BCUT2D eigenvalue weighted by Crippen LogP contribution is -2.43. The SMILES string of the molecule is C=CC1CC1(C)C.CC1(C)CC1.CC1(C)CCC1.CC1(C)CCCC1.CC1(C)CCCCC1.CC1(C)CCCNC1.CC1(C)CCN(C(=O)OC(C)(C)C)CC1.CC1(C)CCNC1.CC1(C)CCNCC1.CN1CCC(C)(C)C1.CN1CCC(C)(C)CC1.CN1CCCC(C)(C)C1. The van der Waals surface area contributed by atoms with Gasteiger partial charge in [-0.2, -0.15) is 0 Å². The van der Waals surface area contributed by atoms with Crippen LogP contribution in [0, 0.1) is 70.9 Å². The third-order valence-electron chi connectivity index (χ3n) is 23.4. The normalized spacial score (nSPS) is 27.7. The Morgan fingerprint density at radius 3 is 0.835 bits per heavy atom. The highest BCUT2D eigenvalue weighted by molar-refractivity contribution is 5.68. The van der Waals surface area contributed by atoms with Gasteiger partial charge in [-0.1, -0.05) is 211 Å². The summed E-state index contributed by atoms with van der Waals surface area (Å²) < 4.78 is 5.33. The summed E-state index contributed by atoms with van der Waals surface area (Å²) in [6.45, 7) is 81.8. The molecule has 0 aromatic carbocycles. The molecule has 0 aromatic heterocycles. The zero-order chi connectivity index (χ0) is 74.5. The van der Waals surface area contributed by atoms with Crippen molar-refractivity contribution >= 4 is 6.09 Å². The molecule has 578 valence electrons. The van der Waals surface area contributed by atoms with Gasteiger partial charge in [0.1, 0.15) is 5.60 Å². The van der Waals surface area contributed by atoms with Gasteiger partial charge in [-0.3, -0.25) is 0 Å². The van der Waals surface area contributed by atoms with Crippen LogP contribution in [0.15, 0.2) is 12.7 Å². The van der Waals surface area contributed by atoms with Gasteiger partial charge in [-0.15, -0.1) is 6.58 Å². The Kier molecular flexibility index (Phi) is 40.7. The van der Waals surface area contributed by atoms with E-state index in [0.29, 0.717) is 54.1 Å². The topological polar surface area (TPSA) is 75.3 Å². The minimum atomic E-state index is -0.385. The maximum absolute atomic E-state index is 11.7. The van der Waals surface area contributed by atoms with Crippen molar-refractivity contribution in [3.05, 3.63) is 12.7 Å². The lowest BCUT2D eigenvalue weighted by atomic mass is 9.72. The van der Waals surface area contributed by atoms with Crippen LogP contribution in [-0.4, -0.2) is 144 Å². The summed E-state index contributed by atoms with van der Waals surface area (Å²) in [7, 11) is 6.60. The van der Waals surface area contributed by atoms with Crippen LogP contribution in [0.3, 0.4) is 0 Å². The van der Waals surface area contributed by atoms with Gasteiger partial charge in [0.25, 0.3) is 0 Å². The second-order valence-electron chi connectivity index (χ2n) is 43.5.